The third-order valence-electron chi connectivity index (χ3n) is 3.22. The van der Waals surface area contributed by atoms with Gasteiger partial charge in [-0.15, -0.1) is 6.58 Å². The molecule has 2 rings (SSSR count). The summed E-state index contributed by atoms with van der Waals surface area (Å²) in [6.45, 7) is 3.72. The van der Waals surface area contributed by atoms with Crippen molar-refractivity contribution in [1.29, 1.82) is 0 Å². The van der Waals surface area contributed by atoms with Crippen molar-refractivity contribution in [3.05, 3.63) is 27.5 Å². The zero-order valence-electron chi connectivity index (χ0n) is 12.2. The van der Waals surface area contributed by atoms with Crippen molar-refractivity contribution in [1.82, 2.24) is 0 Å². The first-order valence-electron chi connectivity index (χ1n) is 6.42. The fourth-order valence-corrected chi connectivity index (χ4v) is 2.37. The maximum absolute atomic E-state index is 4.93. The zero-order valence-corrected chi connectivity index (χ0v) is 16.2. The second-order valence-corrected chi connectivity index (χ2v) is 8.25. The molecule has 18 heavy (non-hydrogen) atoms. The van der Waals surface area contributed by atoms with Gasteiger partial charge in [-0.2, -0.15) is 0 Å². The molecule has 0 N–H and O–H groups in total. The second-order valence-electron chi connectivity index (χ2n) is 4.51. The molecule has 0 saturated heterocycles. The molecule has 0 amide bonds. The SMILES string of the molecule is C1CCCC1.C=CCC1CCCC1.[CH3-].[CH3-].[Cl][Zr+2][Cl]. The number of halogens is 2. The van der Waals surface area contributed by atoms with E-state index >= 15 is 0 Å². The van der Waals surface area contributed by atoms with Gasteiger partial charge in [0.25, 0.3) is 0 Å². The second kappa shape index (κ2) is 20.5. The fraction of sp³-hybridized carbons (Fsp3) is 0.733. The first-order chi connectivity index (χ1) is 7.85. The van der Waals surface area contributed by atoms with Gasteiger partial charge in [-0.1, -0.05) is 63.9 Å². The van der Waals surface area contributed by atoms with Crippen molar-refractivity contribution < 1.29 is 20.8 Å². The third-order valence-corrected chi connectivity index (χ3v) is 3.22. The molecule has 0 aromatic carbocycles. The monoisotopic (exact) mass is 370 g/mol. The molecule has 0 unspecified atom stereocenters. The van der Waals surface area contributed by atoms with Gasteiger partial charge >= 0.3 is 37.9 Å². The molecule has 0 aromatic heterocycles. The zero-order chi connectivity index (χ0) is 12.1. The van der Waals surface area contributed by atoms with Crippen molar-refractivity contribution in [2.45, 2.75) is 64.2 Å². The van der Waals surface area contributed by atoms with Crippen molar-refractivity contribution in [3.8, 4) is 0 Å². The average molecular weight is 373 g/mol. The van der Waals surface area contributed by atoms with E-state index in [4.69, 9.17) is 17.0 Å². The van der Waals surface area contributed by atoms with Gasteiger partial charge in [0.2, 0.25) is 0 Å². The van der Waals surface area contributed by atoms with E-state index in [1.54, 1.807) is 0 Å². The summed E-state index contributed by atoms with van der Waals surface area (Å²) in [7, 11) is 9.87. The first kappa shape index (κ1) is 24.2. The molecule has 0 heterocycles. The van der Waals surface area contributed by atoms with Crippen molar-refractivity contribution in [3.63, 3.8) is 0 Å². The van der Waals surface area contributed by atoms with E-state index in [0.717, 1.165) is 5.92 Å². The van der Waals surface area contributed by atoms with Gasteiger partial charge in [0, 0.05) is 0 Å². The molecule has 0 aromatic rings. The Morgan fingerprint density at radius 3 is 1.50 bits per heavy atom. The Kier molecular flexibility index (Phi) is 27.6. The summed E-state index contributed by atoms with van der Waals surface area (Å²) in [6.07, 6.45) is 16.6. The molecular formula is C15H30Cl2Zr. The van der Waals surface area contributed by atoms with E-state index in [-0.39, 0.29) is 14.9 Å². The number of allylic oxidation sites excluding steroid dienone is 1. The summed E-state index contributed by atoms with van der Waals surface area (Å²) in [4.78, 5) is 0. The van der Waals surface area contributed by atoms with Gasteiger partial charge in [-0.3, -0.25) is 0 Å². The predicted octanol–water partition coefficient (Wildman–Crippen LogP) is 6.98. The van der Waals surface area contributed by atoms with Gasteiger partial charge in [0.15, 0.2) is 0 Å². The van der Waals surface area contributed by atoms with Crippen LogP contribution in [0.25, 0.3) is 0 Å². The van der Waals surface area contributed by atoms with Gasteiger partial charge in [0.1, 0.15) is 0 Å². The maximum atomic E-state index is 4.93. The molecule has 3 heteroatoms. The van der Waals surface area contributed by atoms with Crippen LogP contribution in [0.4, 0.5) is 0 Å². The summed E-state index contributed by atoms with van der Waals surface area (Å²) in [6, 6.07) is 0. The van der Waals surface area contributed by atoms with Crippen LogP contribution in [0.2, 0.25) is 0 Å². The van der Waals surface area contributed by atoms with E-state index in [2.05, 4.69) is 12.7 Å². The molecule has 0 aliphatic heterocycles. The van der Waals surface area contributed by atoms with Crippen LogP contribution in [0.15, 0.2) is 12.7 Å². The van der Waals surface area contributed by atoms with Crippen LogP contribution in [0, 0.1) is 20.8 Å². The standard InChI is InChI=1S/C8H14.C5H10.2CH3.2ClH.Zr/c1-2-5-8-6-3-4-7-8;1-2-4-5-3-1;;;;;/h2,8H,1,3-7H2;1-5H2;2*1H3;2*1H;/q;;2*-1;;;+4/p-2. The molecule has 2 aliphatic carbocycles. The number of hydrogen-bond donors (Lipinski definition) is 0. The van der Waals surface area contributed by atoms with Gasteiger partial charge in [0.05, 0.1) is 0 Å². The van der Waals surface area contributed by atoms with Gasteiger partial charge < -0.3 is 14.9 Å². The summed E-state index contributed by atoms with van der Waals surface area (Å²) in [5.74, 6) is 0.993. The molecular weight excluding hydrogens is 342 g/mol. The Labute approximate surface area is 135 Å². The number of hydrogen-bond acceptors (Lipinski definition) is 0. The van der Waals surface area contributed by atoms with Crippen LogP contribution < -0.4 is 0 Å². The minimum absolute atomic E-state index is 0. The van der Waals surface area contributed by atoms with Crippen LogP contribution >= 0.6 is 17.0 Å². The summed E-state index contributed by atoms with van der Waals surface area (Å²) >= 11 is -0.826. The van der Waals surface area contributed by atoms with Gasteiger partial charge in [-0.25, -0.2) is 0 Å². The predicted molar refractivity (Wildman–Crippen MR) is 84.4 cm³/mol. The van der Waals surface area contributed by atoms with E-state index < -0.39 is 20.8 Å². The summed E-state index contributed by atoms with van der Waals surface area (Å²) in [5, 5.41) is 0. The first-order valence-corrected chi connectivity index (χ1v) is 12.7. The molecule has 2 aliphatic rings. The van der Waals surface area contributed by atoms with E-state index in [0.29, 0.717) is 0 Å². The average Bonchev–Trinajstić information content (AvgIpc) is 2.95. The van der Waals surface area contributed by atoms with Crippen LogP contribution in [-0.4, -0.2) is 0 Å². The Bertz CT molecular complexity index is 134. The number of rotatable bonds is 2. The van der Waals surface area contributed by atoms with Crippen LogP contribution in [0.5, 0.6) is 0 Å². The summed E-state index contributed by atoms with van der Waals surface area (Å²) < 4.78 is 0. The van der Waals surface area contributed by atoms with Crippen LogP contribution in [-0.2, 0) is 20.8 Å². The fourth-order valence-electron chi connectivity index (χ4n) is 2.37. The Morgan fingerprint density at radius 2 is 1.22 bits per heavy atom. The molecule has 0 atom stereocenters. The molecule has 2 saturated carbocycles. The molecule has 108 valence electrons. The van der Waals surface area contributed by atoms with Crippen molar-refractivity contribution in [2.24, 2.45) is 5.92 Å². The van der Waals surface area contributed by atoms with E-state index in [1.165, 1.54) is 64.2 Å². The van der Waals surface area contributed by atoms with E-state index in [9.17, 15) is 0 Å². The molecule has 0 nitrogen and oxygen atoms in total. The molecule has 0 spiro atoms. The third kappa shape index (κ3) is 17.2. The molecule has 2 fully saturated rings. The van der Waals surface area contributed by atoms with Crippen molar-refractivity contribution in [2.75, 3.05) is 0 Å². The topological polar surface area (TPSA) is 0 Å². The van der Waals surface area contributed by atoms with Crippen LogP contribution in [0.3, 0.4) is 0 Å². The molecule has 0 radical (unpaired) electrons. The quantitative estimate of drug-likeness (QED) is 0.362. The van der Waals surface area contributed by atoms with Gasteiger partial charge in [-0.05, 0) is 12.3 Å². The van der Waals surface area contributed by atoms with Crippen molar-refractivity contribution >= 4 is 17.0 Å². The normalized spacial score (nSPS) is 16.8. The molecule has 0 bridgehead atoms. The van der Waals surface area contributed by atoms with Crippen LogP contribution in [0.1, 0.15) is 64.2 Å². The Hall–Kier alpha value is 1.20. The Morgan fingerprint density at radius 1 is 0.889 bits per heavy atom. The summed E-state index contributed by atoms with van der Waals surface area (Å²) in [5.41, 5.74) is 0. The van der Waals surface area contributed by atoms with E-state index in [1.807, 2.05) is 0 Å². The minimum atomic E-state index is -0.826. The Balaban J connectivity index is -0.000000198.